The molecule has 0 amide bonds. The van der Waals surface area contributed by atoms with Crippen molar-refractivity contribution in [3.05, 3.63) is 47.6 Å². The fourth-order valence-electron chi connectivity index (χ4n) is 1.92. The molecule has 0 aliphatic heterocycles. The van der Waals surface area contributed by atoms with E-state index in [-0.39, 0.29) is 0 Å². The Morgan fingerprint density at radius 3 is 2.86 bits per heavy atom. The Bertz CT molecular complexity index is 511. The van der Waals surface area contributed by atoms with Gasteiger partial charge >= 0.3 is 0 Å². The van der Waals surface area contributed by atoms with E-state index in [4.69, 9.17) is 9.26 Å². The van der Waals surface area contributed by atoms with E-state index in [1.54, 1.807) is 0 Å². The molecule has 2 aromatic heterocycles. The highest BCUT2D eigenvalue weighted by Crippen LogP contribution is 2.07. The SMILES string of the molecule is CC(C)NCc1cc(COCCCc2ccncc2)on1. The van der Waals surface area contributed by atoms with E-state index >= 15 is 0 Å². The Morgan fingerprint density at radius 1 is 1.29 bits per heavy atom. The number of hydrogen-bond acceptors (Lipinski definition) is 5. The predicted octanol–water partition coefficient (Wildman–Crippen LogP) is 2.72. The van der Waals surface area contributed by atoms with Crippen LogP contribution in [0.5, 0.6) is 0 Å². The summed E-state index contributed by atoms with van der Waals surface area (Å²) in [5.41, 5.74) is 2.20. The summed E-state index contributed by atoms with van der Waals surface area (Å²) < 4.78 is 10.8. The number of aromatic nitrogens is 2. The molecular weight excluding hydrogens is 266 g/mol. The second kappa shape index (κ2) is 8.54. The zero-order chi connectivity index (χ0) is 14.9. The lowest BCUT2D eigenvalue weighted by Gasteiger charge is -2.03. The van der Waals surface area contributed by atoms with Crippen LogP contribution in [0.3, 0.4) is 0 Å². The van der Waals surface area contributed by atoms with Gasteiger partial charge in [0.05, 0.1) is 5.69 Å². The van der Waals surface area contributed by atoms with E-state index in [1.807, 2.05) is 30.6 Å². The summed E-state index contributed by atoms with van der Waals surface area (Å²) in [5, 5.41) is 7.31. The molecule has 5 heteroatoms. The number of nitrogens with zero attached hydrogens (tertiary/aromatic N) is 2. The van der Waals surface area contributed by atoms with Crippen molar-refractivity contribution in [2.75, 3.05) is 6.61 Å². The maximum absolute atomic E-state index is 5.61. The first-order chi connectivity index (χ1) is 10.2. The molecule has 0 unspecified atom stereocenters. The molecule has 0 radical (unpaired) electrons. The van der Waals surface area contributed by atoms with Gasteiger partial charge in [-0.15, -0.1) is 0 Å². The third-order valence-corrected chi connectivity index (χ3v) is 3.05. The Morgan fingerprint density at radius 2 is 2.10 bits per heavy atom. The third-order valence-electron chi connectivity index (χ3n) is 3.05. The molecule has 2 aromatic rings. The van der Waals surface area contributed by atoms with Gasteiger partial charge in [0, 0.05) is 37.7 Å². The Hall–Kier alpha value is -1.72. The topological polar surface area (TPSA) is 60.2 Å². The molecule has 21 heavy (non-hydrogen) atoms. The molecule has 2 rings (SSSR count). The van der Waals surface area contributed by atoms with Crippen molar-refractivity contribution in [1.82, 2.24) is 15.5 Å². The maximum Gasteiger partial charge on any atom is 0.162 e. The third kappa shape index (κ3) is 6.06. The van der Waals surface area contributed by atoms with Crippen LogP contribution in [-0.4, -0.2) is 22.8 Å². The molecule has 0 bridgehead atoms. The van der Waals surface area contributed by atoms with Crippen molar-refractivity contribution in [3.8, 4) is 0 Å². The molecule has 5 nitrogen and oxygen atoms in total. The summed E-state index contributed by atoms with van der Waals surface area (Å²) in [5.74, 6) is 0.777. The molecule has 0 aliphatic rings. The summed E-state index contributed by atoms with van der Waals surface area (Å²) in [6, 6.07) is 6.45. The van der Waals surface area contributed by atoms with Crippen molar-refractivity contribution in [3.63, 3.8) is 0 Å². The van der Waals surface area contributed by atoms with Crippen LogP contribution in [0.15, 0.2) is 35.1 Å². The molecule has 0 spiro atoms. The van der Waals surface area contributed by atoms with Gasteiger partial charge in [-0.1, -0.05) is 19.0 Å². The van der Waals surface area contributed by atoms with E-state index in [0.717, 1.165) is 30.8 Å². The average molecular weight is 289 g/mol. The van der Waals surface area contributed by atoms with Crippen LogP contribution in [0.2, 0.25) is 0 Å². The van der Waals surface area contributed by atoms with E-state index < -0.39 is 0 Å². The van der Waals surface area contributed by atoms with Gasteiger partial charge < -0.3 is 14.6 Å². The molecule has 0 aliphatic carbocycles. The molecule has 1 N–H and O–H groups in total. The smallest absolute Gasteiger partial charge is 0.162 e. The van der Waals surface area contributed by atoms with Gasteiger partial charge in [-0.3, -0.25) is 4.98 Å². The number of nitrogens with one attached hydrogen (secondary N) is 1. The number of ether oxygens (including phenoxy) is 1. The zero-order valence-corrected chi connectivity index (χ0v) is 12.7. The average Bonchev–Trinajstić information content (AvgIpc) is 2.94. The first-order valence-electron chi connectivity index (χ1n) is 7.38. The van der Waals surface area contributed by atoms with Crippen LogP contribution in [0.25, 0.3) is 0 Å². The molecular formula is C16H23N3O2. The largest absolute Gasteiger partial charge is 0.373 e. The number of aryl methyl sites for hydroxylation is 1. The minimum Gasteiger partial charge on any atom is -0.373 e. The molecule has 0 saturated heterocycles. The van der Waals surface area contributed by atoms with Crippen LogP contribution < -0.4 is 5.32 Å². The van der Waals surface area contributed by atoms with Crippen molar-refractivity contribution in [1.29, 1.82) is 0 Å². The Balaban J connectivity index is 1.60. The Kier molecular flexibility index (Phi) is 6.37. The van der Waals surface area contributed by atoms with E-state index in [1.165, 1.54) is 5.56 Å². The monoisotopic (exact) mass is 289 g/mol. The van der Waals surface area contributed by atoms with E-state index in [0.29, 0.717) is 19.3 Å². The molecule has 0 atom stereocenters. The number of pyridine rings is 1. The van der Waals surface area contributed by atoms with Gasteiger partial charge in [-0.05, 0) is 30.5 Å². The molecule has 0 saturated carbocycles. The fraction of sp³-hybridized carbons (Fsp3) is 0.500. The first kappa shape index (κ1) is 15.7. The van der Waals surface area contributed by atoms with Crippen LogP contribution in [0.1, 0.15) is 37.3 Å². The van der Waals surface area contributed by atoms with Crippen LogP contribution in [-0.2, 0) is 24.3 Å². The van der Waals surface area contributed by atoms with Crippen LogP contribution in [0.4, 0.5) is 0 Å². The van der Waals surface area contributed by atoms with Crippen LogP contribution >= 0.6 is 0 Å². The summed E-state index contributed by atoms with van der Waals surface area (Å²) in [7, 11) is 0. The van der Waals surface area contributed by atoms with E-state index in [2.05, 4.69) is 29.3 Å². The lowest BCUT2D eigenvalue weighted by molar-refractivity contribution is 0.0992. The highest BCUT2D eigenvalue weighted by Gasteiger charge is 2.04. The van der Waals surface area contributed by atoms with Crippen molar-refractivity contribution in [2.45, 2.75) is 45.9 Å². The first-order valence-corrected chi connectivity index (χ1v) is 7.38. The maximum atomic E-state index is 5.61. The highest BCUT2D eigenvalue weighted by molar-refractivity contribution is 5.09. The lowest BCUT2D eigenvalue weighted by atomic mass is 10.1. The predicted molar refractivity (Wildman–Crippen MR) is 80.7 cm³/mol. The van der Waals surface area contributed by atoms with Crippen molar-refractivity contribution < 1.29 is 9.26 Å². The molecule has 2 heterocycles. The number of hydrogen-bond donors (Lipinski definition) is 1. The molecule has 0 fully saturated rings. The second-order valence-corrected chi connectivity index (χ2v) is 5.33. The van der Waals surface area contributed by atoms with Gasteiger partial charge in [-0.25, -0.2) is 0 Å². The second-order valence-electron chi connectivity index (χ2n) is 5.33. The summed E-state index contributed by atoms with van der Waals surface area (Å²) in [4.78, 5) is 4.00. The standard InChI is InChI=1S/C16H23N3O2/c1-13(2)18-11-15-10-16(21-19-15)12-20-9-3-4-14-5-7-17-8-6-14/h5-8,10,13,18H,3-4,9,11-12H2,1-2H3. The van der Waals surface area contributed by atoms with Crippen molar-refractivity contribution >= 4 is 0 Å². The van der Waals surface area contributed by atoms with Gasteiger partial charge in [0.25, 0.3) is 0 Å². The fourth-order valence-corrected chi connectivity index (χ4v) is 1.92. The van der Waals surface area contributed by atoms with Gasteiger partial charge in [0.15, 0.2) is 5.76 Å². The van der Waals surface area contributed by atoms with Crippen LogP contribution in [0, 0.1) is 0 Å². The van der Waals surface area contributed by atoms with Crippen molar-refractivity contribution in [2.24, 2.45) is 0 Å². The summed E-state index contributed by atoms with van der Waals surface area (Å²) >= 11 is 0. The summed E-state index contributed by atoms with van der Waals surface area (Å²) in [6.07, 6.45) is 5.62. The van der Waals surface area contributed by atoms with Gasteiger partial charge in [0.1, 0.15) is 6.61 Å². The normalized spacial score (nSPS) is 11.2. The minimum atomic E-state index is 0.439. The molecule has 114 valence electrons. The zero-order valence-electron chi connectivity index (χ0n) is 12.7. The van der Waals surface area contributed by atoms with Gasteiger partial charge in [0.2, 0.25) is 0 Å². The highest BCUT2D eigenvalue weighted by atomic mass is 16.5. The Labute approximate surface area is 125 Å². The molecule has 0 aromatic carbocycles. The lowest BCUT2D eigenvalue weighted by Crippen LogP contribution is -2.21. The minimum absolute atomic E-state index is 0.439. The van der Waals surface area contributed by atoms with E-state index in [9.17, 15) is 0 Å². The summed E-state index contributed by atoms with van der Waals surface area (Å²) in [6.45, 7) is 6.12. The quantitative estimate of drug-likeness (QED) is 0.719. The van der Waals surface area contributed by atoms with Gasteiger partial charge in [-0.2, -0.15) is 0 Å². The number of rotatable bonds is 9.